The van der Waals surface area contributed by atoms with Gasteiger partial charge in [-0.25, -0.2) is 4.39 Å². The smallest absolute Gasteiger partial charge is 0.126 e. The van der Waals surface area contributed by atoms with Gasteiger partial charge in [0.1, 0.15) is 11.6 Å². The van der Waals surface area contributed by atoms with Crippen molar-refractivity contribution in [2.24, 2.45) is 0 Å². The van der Waals surface area contributed by atoms with Crippen LogP contribution in [0.3, 0.4) is 0 Å². The fourth-order valence-electron chi connectivity index (χ4n) is 2.17. The summed E-state index contributed by atoms with van der Waals surface area (Å²) < 4.78 is 18.6. The van der Waals surface area contributed by atoms with Crippen molar-refractivity contribution in [3.63, 3.8) is 0 Å². The third kappa shape index (κ3) is 3.87. The van der Waals surface area contributed by atoms with Gasteiger partial charge in [0, 0.05) is 16.8 Å². The molecule has 0 aliphatic rings. The lowest BCUT2D eigenvalue weighted by atomic mass is 10.1. The van der Waals surface area contributed by atoms with Crippen LogP contribution in [0.15, 0.2) is 42.5 Å². The van der Waals surface area contributed by atoms with Crippen molar-refractivity contribution >= 4 is 17.3 Å². The Kier molecular flexibility index (Phi) is 4.85. The monoisotopic (exact) mass is 293 g/mol. The Morgan fingerprint density at radius 2 is 2.00 bits per heavy atom. The lowest BCUT2D eigenvalue weighted by Gasteiger charge is -2.17. The number of anilines is 1. The van der Waals surface area contributed by atoms with E-state index in [9.17, 15) is 4.39 Å². The highest BCUT2D eigenvalue weighted by atomic mass is 35.5. The molecule has 0 aliphatic heterocycles. The molecule has 1 N–H and O–H groups in total. The van der Waals surface area contributed by atoms with Crippen LogP contribution in [0.4, 0.5) is 10.1 Å². The Morgan fingerprint density at radius 1 is 1.25 bits per heavy atom. The van der Waals surface area contributed by atoms with Crippen molar-refractivity contribution < 1.29 is 9.13 Å². The van der Waals surface area contributed by atoms with Gasteiger partial charge in [-0.3, -0.25) is 0 Å². The highest BCUT2D eigenvalue weighted by Crippen LogP contribution is 2.22. The molecule has 2 aromatic rings. The van der Waals surface area contributed by atoms with Crippen LogP contribution < -0.4 is 10.1 Å². The highest BCUT2D eigenvalue weighted by molar-refractivity contribution is 6.30. The molecule has 2 rings (SSSR count). The fourth-order valence-corrected chi connectivity index (χ4v) is 2.40. The molecule has 0 radical (unpaired) electrons. The van der Waals surface area contributed by atoms with Gasteiger partial charge in [0.05, 0.1) is 7.11 Å². The van der Waals surface area contributed by atoms with Crippen molar-refractivity contribution in [3.05, 3.63) is 58.9 Å². The predicted octanol–water partition coefficient (Wildman–Crippen LogP) is 4.53. The zero-order chi connectivity index (χ0) is 14.5. The van der Waals surface area contributed by atoms with Gasteiger partial charge >= 0.3 is 0 Å². The third-order valence-electron chi connectivity index (χ3n) is 2.99. The van der Waals surface area contributed by atoms with Gasteiger partial charge in [0.15, 0.2) is 0 Å². The summed E-state index contributed by atoms with van der Waals surface area (Å²) in [6.07, 6.45) is 0.776. The SMILES string of the molecule is COc1ccccc1CC(C)Nc1cc(F)cc(Cl)c1. The lowest BCUT2D eigenvalue weighted by Crippen LogP contribution is -2.18. The van der Waals surface area contributed by atoms with Crippen LogP contribution in [0.25, 0.3) is 0 Å². The molecule has 0 saturated heterocycles. The van der Waals surface area contributed by atoms with Crippen LogP contribution in [0.2, 0.25) is 5.02 Å². The van der Waals surface area contributed by atoms with E-state index in [0.717, 1.165) is 17.7 Å². The maximum absolute atomic E-state index is 13.3. The molecule has 4 heteroatoms. The molecule has 2 nitrogen and oxygen atoms in total. The number of hydrogen-bond donors (Lipinski definition) is 1. The van der Waals surface area contributed by atoms with E-state index in [1.165, 1.54) is 12.1 Å². The minimum Gasteiger partial charge on any atom is -0.496 e. The number of methoxy groups -OCH3 is 1. The second-order valence-electron chi connectivity index (χ2n) is 4.72. The molecule has 0 heterocycles. The number of benzene rings is 2. The van der Waals surface area contributed by atoms with E-state index in [4.69, 9.17) is 16.3 Å². The molecular formula is C16H17ClFNO. The van der Waals surface area contributed by atoms with Crippen LogP contribution in [-0.2, 0) is 6.42 Å². The predicted molar refractivity (Wildman–Crippen MR) is 81.2 cm³/mol. The summed E-state index contributed by atoms with van der Waals surface area (Å²) in [6, 6.07) is 12.4. The van der Waals surface area contributed by atoms with Gasteiger partial charge in [0.25, 0.3) is 0 Å². The van der Waals surface area contributed by atoms with Crippen molar-refractivity contribution in [1.29, 1.82) is 0 Å². The molecule has 0 spiro atoms. The Hall–Kier alpha value is -1.74. The van der Waals surface area contributed by atoms with Crippen LogP contribution >= 0.6 is 11.6 Å². The summed E-state index contributed by atoms with van der Waals surface area (Å²) in [5.74, 6) is 0.517. The number of ether oxygens (including phenoxy) is 1. The molecule has 0 amide bonds. The van der Waals surface area contributed by atoms with Crippen molar-refractivity contribution in [2.75, 3.05) is 12.4 Å². The number of rotatable bonds is 5. The average Bonchev–Trinajstić information content (AvgIpc) is 2.37. The first-order valence-electron chi connectivity index (χ1n) is 6.43. The molecule has 0 aliphatic carbocycles. The van der Waals surface area contributed by atoms with E-state index in [0.29, 0.717) is 10.7 Å². The van der Waals surface area contributed by atoms with Crippen LogP contribution in [0.5, 0.6) is 5.75 Å². The number of hydrogen-bond acceptors (Lipinski definition) is 2. The first-order chi connectivity index (χ1) is 9.58. The van der Waals surface area contributed by atoms with Gasteiger partial charge in [-0.1, -0.05) is 29.8 Å². The Bertz CT molecular complexity index is 568. The van der Waals surface area contributed by atoms with E-state index in [2.05, 4.69) is 5.32 Å². The Balaban J connectivity index is 2.07. The number of halogens is 2. The first kappa shape index (κ1) is 14.7. The highest BCUT2D eigenvalue weighted by Gasteiger charge is 2.09. The fraction of sp³-hybridized carbons (Fsp3) is 0.250. The molecule has 0 aromatic heterocycles. The van der Waals surface area contributed by atoms with E-state index in [-0.39, 0.29) is 11.9 Å². The van der Waals surface area contributed by atoms with Gasteiger partial charge in [0.2, 0.25) is 0 Å². The molecule has 0 saturated carbocycles. The standard InChI is InChI=1S/C16H17ClFNO/c1-11(7-12-5-3-4-6-16(12)20-2)19-15-9-13(17)8-14(18)10-15/h3-6,8-11,19H,7H2,1-2H3. The van der Waals surface area contributed by atoms with E-state index in [1.807, 2.05) is 31.2 Å². The van der Waals surface area contributed by atoms with E-state index in [1.54, 1.807) is 13.2 Å². The minimum atomic E-state index is -0.343. The number of nitrogens with one attached hydrogen (secondary N) is 1. The summed E-state index contributed by atoms with van der Waals surface area (Å²) in [7, 11) is 1.66. The normalized spacial score (nSPS) is 12.0. The number of para-hydroxylation sites is 1. The average molecular weight is 294 g/mol. The van der Waals surface area contributed by atoms with Crippen LogP contribution in [0, 0.1) is 5.82 Å². The topological polar surface area (TPSA) is 21.3 Å². The Labute approximate surface area is 123 Å². The summed E-state index contributed by atoms with van der Waals surface area (Å²) in [5.41, 5.74) is 1.79. The summed E-state index contributed by atoms with van der Waals surface area (Å²) in [4.78, 5) is 0. The largest absolute Gasteiger partial charge is 0.496 e. The maximum Gasteiger partial charge on any atom is 0.126 e. The van der Waals surface area contributed by atoms with E-state index < -0.39 is 0 Å². The third-order valence-corrected chi connectivity index (χ3v) is 3.21. The van der Waals surface area contributed by atoms with Crippen LogP contribution in [0.1, 0.15) is 12.5 Å². The molecule has 106 valence electrons. The van der Waals surface area contributed by atoms with Gasteiger partial charge in [-0.2, -0.15) is 0 Å². The molecule has 0 fully saturated rings. The van der Waals surface area contributed by atoms with Crippen LogP contribution in [-0.4, -0.2) is 13.2 Å². The molecule has 2 aromatic carbocycles. The second-order valence-corrected chi connectivity index (χ2v) is 5.16. The van der Waals surface area contributed by atoms with Crippen molar-refractivity contribution in [1.82, 2.24) is 0 Å². The lowest BCUT2D eigenvalue weighted by molar-refractivity contribution is 0.409. The van der Waals surface area contributed by atoms with E-state index >= 15 is 0 Å². The zero-order valence-corrected chi connectivity index (χ0v) is 12.2. The molecule has 1 unspecified atom stereocenters. The summed E-state index contributed by atoms with van der Waals surface area (Å²) in [5, 5.41) is 3.63. The molecular weight excluding hydrogens is 277 g/mol. The summed E-state index contributed by atoms with van der Waals surface area (Å²) >= 11 is 5.84. The Morgan fingerprint density at radius 3 is 2.70 bits per heavy atom. The van der Waals surface area contributed by atoms with Crippen molar-refractivity contribution in [2.45, 2.75) is 19.4 Å². The second kappa shape index (κ2) is 6.62. The zero-order valence-electron chi connectivity index (χ0n) is 11.5. The summed E-state index contributed by atoms with van der Waals surface area (Å²) in [6.45, 7) is 2.03. The van der Waals surface area contributed by atoms with Crippen molar-refractivity contribution in [3.8, 4) is 5.75 Å². The maximum atomic E-state index is 13.3. The van der Waals surface area contributed by atoms with Gasteiger partial charge in [-0.05, 0) is 43.2 Å². The van der Waals surface area contributed by atoms with Gasteiger partial charge in [-0.15, -0.1) is 0 Å². The molecule has 1 atom stereocenters. The minimum absolute atomic E-state index is 0.129. The quantitative estimate of drug-likeness (QED) is 0.874. The molecule has 0 bridgehead atoms. The first-order valence-corrected chi connectivity index (χ1v) is 6.81. The van der Waals surface area contributed by atoms with Gasteiger partial charge < -0.3 is 10.1 Å². The molecule has 20 heavy (non-hydrogen) atoms.